The van der Waals surface area contributed by atoms with Gasteiger partial charge in [-0.2, -0.15) is 0 Å². The second kappa shape index (κ2) is 2.10. The molecule has 3 atom stereocenters. The highest BCUT2D eigenvalue weighted by Crippen LogP contribution is 2.58. The maximum atomic E-state index is 9.24. The lowest BCUT2D eigenvalue weighted by molar-refractivity contribution is -0.0677. The van der Waals surface area contributed by atoms with Gasteiger partial charge < -0.3 is 5.11 Å². The predicted molar refractivity (Wildman–Crippen MR) is 45.2 cm³/mol. The van der Waals surface area contributed by atoms with Crippen LogP contribution in [0.15, 0.2) is 11.6 Å². The Hall–Kier alpha value is -0.300. The maximum Gasteiger partial charge on any atom is 0.0493 e. The molecule has 1 heteroatoms. The van der Waals surface area contributed by atoms with Crippen molar-refractivity contribution in [2.24, 2.45) is 17.3 Å². The average Bonchev–Trinajstić information content (AvgIpc) is 2.02. The Labute approximate surface area is 68.1 Å². The van der Waals surface area contributed by atoms with Crippen molar-refractivity contribution in [2.75, 3.05) is 6.61 Å². The van der Waals surface area contributed by atoms with Crippen LogP contribution in [0.4, 0.5) is 0 Å². The van der Waals surface area contributed by atoms with E-state index >= 15 is 0 Å². The number of allylic oxidation sites excluding steroid dienone is 2. The first-order valence-corrected chi connectivity index (χ1v) is 4.46. The summed E-state index contributed by atoms with van der Waals surface area (Å²) >= 11 is 0. The van der Waals surface area contributed by atoms with E-state index < -0.39 is 0 Å². The van der Waals surface area contributed by atoms with E-state index in [4.69, 9.17) is 0 Å². The van der Waals surface area contributed by atoms with Crippen molar-refractivity contribution >= 4 is 0 Å². The topological polar surface area (TPSA) is 20.2 Å². The van der Waals surface area contributed by atoms with Gasteiger partial charge in [0.1, 0.15) is 0 Å². The second-order valence-electron chi connectivity index (χ2n) is 4.33. The highest BCUT2D eigenvalue weighted by molar-refractivity contribution is 5.22. The molecule has 1 nitrogen and oxygen atoms in total. The summed E-state index contributed by atoms with van der Waals surface area (Å²) in [7, 11) is 0. The largest absolute Gasteiger partial charge is 0.396 e. The third-order valence-electron chi connectivity index (χ3n) is 3.86. The molecule has 3 rings (SSSR count). The van der Waals surface area contributed by atoms with E-state index in [1.807, 2.05) is 0 Å². The quantitative estimate of drug-likeness (QED) is 0.569. The molecule has 0 heterocycles. The SMILES string of the molecule is CC1=CC[C@H]2C[C@@H]1[C@]2(C)CO. The van der Waals surface area contributed by atoms with Crippen LogP contribution in [0.3, 0.4) is 0 Å². The van der Waals surface area contributed by atoms with Gasteiger partial charge in [0.15, 0.2) is 0 Å². The van der Waals surface area contributed by atoms with Crippen LogP contribution in [0.2, 0.25) is 0 Å². The molecule has 0 aromatic rings. The van der Waals surface area contributed by atoms with Gasteiger partial charge in [-0.1, -0.05) is 18.6 Å². The summed E-state index contributed by atoms with van der Waals surface area (Å²) in [6.45, 7) is 4.80. The number of hydrogen-bond acceptors (Lipinski definition) is 1. The van der Waals surface area contributed by atoms with Gasteiger partial charge in [-0.25, -0.2) is 0 Å². The van der Waals surface area contributed by atoms with Crippen LogP contribution < -0.4 is 0 Å². The van der Waals surface area contributed by atoms with E-state index in [-0.39, 0.29) is 5.41 Å². The lowest BCUT2D eigenvalue weighted by atomic mass is 9.48. The third-order valence-corrected chi connectivity index (χ3v) is 3.86. The third kappa shape index (κ3) is 0.750. The zero-order chi connectivity index (χ0) is 8.06. The number of fused-ring (bicyclic) bond motifs is 1. The summed E-state index contributed by atoms with van der Waals surface area (Å²) in [4.78, 5) is 0. The number of hydrogen-bond donors (Lipinski definition) is 1. The molecule has 0 spiro atoms. The van der Waals surface area contributed by atoms with Crippen LogP contribution in [-0.2, 0) is 0 Å². The summed E-state index contributed by atoms with van der Waals surface area (Å²) in [5.74, 6) is 1.45. The van der Waals surface area contributed by atoms with Crippen molar-refractivity contribution in [3.05, 3.63) is 11.6 Å². The fourth-order valence-corrected chi connectivity index (χ4v) is 2.73. The normalized spacial score (nSPS) is 48.1. The Morgan fingerprint density at radius 2 is 2.45 bits per heavy atom. The summed E-state index contributed by atoms with van der Waals surface area (Å²) in [6, 6.07) is 0. The van der Waals surface area contributed by atoms with Crippen molar-refractivity contribution in [2.45, 2.75) is 26.7 Å². The van der Waals surface area contributed by atoms with Gasteiger partial charge in [0.2, 0.25) is 0 Å². The lowest BCUT2D eigenvalue weighted by Crippen LogP contribution is -2.52. The zero-order valence-corrected chi connectivity index (χ0v) is 7.30. The first-order valence-electron chi connectivity index (χ1n) is 4.46. The van der Waals surface area contributed by atoms with E-state index in [1.54, 1.807) is 0 Å². The molecule has 0 radical (unpaired) electrons. The molecule has 3 aliphatic carbocycles. The van der Waals surface area contributed by atoms with Crippen molar-refractivity contribution in [3.8, 4) is 0 Å². The van der Waals surface area contributed by atoms with E-state index in [9.17, 15) is 5.11 Å². The van der Waals surface area contributed by atoms with E-state index in [0.717, 1.165) is 5.92 Å². The van der Waals surface area contributed by atoms with Crippen LogP contribution >= 0.6 is 0 Å². The number of aliphatic hydroxyl groups is 1. The summed E-state index contributed by atoms with van der Waals surface area (Å²) in [5.41, 5.74) is 1.74. The highest BCUT2D eigenvalue weighted by Gasteiger charge is 2.52. The summed E-state index contributed by atoms with van der Waals surface area (Å²) in [6.07, 6.45) is 4.86. The van der Waals surface area contributed by atoms with Crippen molar-refractivity contribution in [1.29, 1.82) is 0 Å². The lowest BCUT2D eigenvalue weighted by Gasteiger charge is -2.57. The smallest absolute Gasteiger partial charge is 0.0493 e. The van der Waals surface area contributed by atoms with Gasteiger partial charge in [0.25, 0.3) is 0 Å². The molecule has 3 aliphatic rings. The fourth-order valence-electron chi connectivity index (χ4n) is 2.73. The molecule has 0 aliphatic heterocycles. The fraction of sp³-hybridized carbons (Fsp3) is 0.800. The van der Waals surface area contributed by atoms with Crippen LogP contribution in [0, 0.1) is 17.3 Å². The Kier molecular flexibility index (Phi) is 1.40. The summed E-state index contributed by atoms with van der Waals surface area (Å²) in [5, 5.41) is 9.24. The van der Waals surface area contributed by atoms with Gasteiger partial charge in [-0.05, 0) is 31.6 Å². The molecule has 0 aromatic heterocycles. The molecule has 2 bridgehead atoms. The Bertz CT molecular complexity index is 207. The molecule has 1 saturated carbocycles. The molecule has 1 fully saturated rings. The Balaban J connectivity index is 2.26. The van der Waals surface area contributed by atoms with Gasteiger partial charge in [-0.15, -0.1) is 0 Å². The monoisotopic (exact) mass is 152 g/mol. The van der Waals surface area contributed by atoms with E-state index in [1.165, 1.54) is 18.4 Å². The van der Waals surface area contributed by atoms with Crippen LogP contribution in [0.25, 0.3) is 0 Å². The highest BCUT2D eigenvalue weighted by atomic mass is 16.3. The van der Waals surface area contributed by atoms with Crippen LogP contribution in [-0.4, -0.2) is 11.7 Å². The molecule has 62 valence electrons. The molecular weight excluding hydrogens is 136 g/mol. The minimum Gasteiger partial charge on any atom is -0.396 e. The van der Waals surface area contributed by atoms with Crippen molar-refractivity contribution in [3.63, 3.8) is 0 Å². The first-order chi connectivity index (χ1) is 5.18. The molecular formula is C10H16O. The molecule has 11 heavy (non-hydrogen) atoms. The molecule has 0 amide bonds. The van der Waals surface area contributed by atoms with E-state index in [0.29, 0.717) is 12.5 Å². The minimum atomic E-state index is 0.235. The first kappa shape index (κ1) is 7.35. The second-order valence-corrected chi connectivity index (χ2v) is 4.33. The number of rotatable bonds is 1. The molecule has 0 aromatic carbocycles. The van der Waals surface area contributed by atoms with Gasteiger partial charge >= 0.3 is 0 Å². The zero-order valence-electron chi connectivity index (χ0n) is 7.30. The summed E-state index contributed by atoms with van der Waals surface area (Å²) < 4.78 is 0. The molecule has 1 N–H and O–H groups in total. The van der Waals surface area contributed by atoms with Crippen molar-refractivity contribution in [1.82, 2.24) is 0 Å². The molecule has 0 unspecified atom stereocenters. The number of aliphatic hydroxyl groups excluding tert-OH is 1. The predicted octanol–water partition coefficient (Wildman–Crippen LogP) is 1.97. The van der Waals surface area contributed by atoms with Crippen LogP contribution in [0.5, 0.6) is 0 Å². The Morgan fingerprint density at radius 1 is 1.73 bits per heavy atom. The molecule has 0 saturated heterocycles. The minimum absolute atomic E-state index is 0.235. The van der Waals surface area contributed by atoms with Crippen molar-refractivity contribution < 1.29 is 5.11 Å². The van der Waals surface area contributed by atoms with Gasteiger partial charge in [0.05, 0.1) is 0 Å². The van der Waals surface area contributed by atoms with Crippen LogP contribution in [0.1, 0.15) is 26.7 Å². The van der Waals surface area contributed by atoms with Gasteiger partial charge in [-0.3, -0.25) is 0 Å². The van der Waals surface area contributed by atoms with E-state index in [2.05, 4.69) is 19.9 Å². The van der Waals surface area contributed by atoms with Gasteiger partial charge in [0, 0.05) is 12.0 Å². The standard InChI is InChI=1S/C10H16O/c1-7-3-4-8-5-9(7)10(8,2)6-11/h3,8-9,11H,4-6H2,1-2H3/t8-,9-,10+/m0/s1. The average molecular weight is 152 g/mol. The Morgan fingerprint density at radius 3 is 2.82 bits per heavy atom. The maximum absolute atomic E-state index is 9.24.